The fraction of sp³-hybridized carbons (Fsp3) is 0.238. The first-order chi connectivity index (χ1) is 14.0. The number of nitrogens with zero attached hydrogens (tertiary/aromatic N) is 1. The van der Waals surface area contributed by atoms with E-state index < -0.39 is 18.0 Å². The topological polar surface area (TPSA) is 106 Å². The van der Waals surface area contributed by atoms with E-state index in [1.807, 2.05) is 30.3 Å². The van der Waals surface area contributed by atoms with Gasteiger partial charge in [-0.3, -0.25) is 9.59 Å². The Hall–Kier alpha value is -3.68. The summed E-state index contributed by atoms with van der Waals surface area (Å²) in [5.41, 5.74) is 3.91. The Balaban J connectivity index is 1.48. The molecule has 1 aliphatic rings. The van der Waals surface area contributed by atoms with Gasteiger partial charge >= 0.3 is 5.97 Å². The van der Waals surface area contributed by atoms with Crippen LogP contribution in [-0.2, 0) is 25.7 Å². The van der Waals surface area contributed by atoms with Crippen molar-refractivity contribution in [2.24, 2.45) is 5.10 Å². The van der Waals surface area contributed by atoms with Crippen molar-refractivity contribution < 1.29 is 23.9 Å². The molecule has 2 aromatic rings. The van der Waals surface area contributed by atoms with Crippen LogP contribution in [0.2, 0.25) is 0 Å². The fourth-order valence-corrected chi connectivity index (χ4v) is 2.52. The number of hydrogen-bond acceptors (Lipinski definition) is 6. The summed E-state index contributed by atoms with van der Waals surface area (Å²) in [4.78, 5) is 35.3. The zero-order valence-corrected chi connectivity index (χ0v) is 15.9. The summed E-state index contributed by atoms with van der Waals surface area (Å²) in [7, 11) is 0. The van der Waals surface area contributed by atoms with Gasteiger partial charge in [-0.25, -0.2) is 10.2 Å². The van der Waals surface area contributed by atoms with Crippen molar-refractivity contribution >= 4 is 29.2 Å². The van der Waals surface area contributed by atoms with Crippen LogP contribution in [0.1, 0.15) is 25.3 Å². The van der Waals surface area contributed by atoms with Crippen molar-refractivity contribution in [2.75, 3.05) is 5.32 Å². The highest BCUT2D eigenvalue weighted by Gasteiger charge is 2.24. The molecule has 0 bridgehead atoms. The van der Waals surface area contributed by atoms with Gasteiger partial charge in [0, 0.05) is 18.5 Å². The number of benzene rings is 2. The first-order valence-corrected chi connectivity index (χ1v) is 9.15. The highest BCUT2D eigenvalue weighted by Crippen LogP contribution is 2.17. The second-order valence-corrected chi connectivity index (χ2v) is 6.43. The lowest BCUT2D eigenvalue weighted by Gasteiger charge is -2.16. The maximum Gasteiger partial charge on any atom is 0.355 e. The van der Waals surface area contributed by atoms with Gasteiger partial charge in [-0.15, -0.1) is 0 Å². The summed E-state index contributed by atoms with van der Waals surface area (Å²) in [5.74, 6) is -0.790. The minimum absolute atomic E-state index is 0.0872. The summed E-state index contributed by atoms with van der Waals surface area (Å²) >= 11 is 0. The minimum Gasteiger partial charge on any atom is -0.489 e. The Bertz CT molecular complexity index is 910. The van der Waals surface area contributed by atoms with E-state index in [-0.39, 0.29) is 24.5 Å². The monoisotopic (exact) mass is 395 g/mol. The molecule has 0 radical (unpaired) electrons. The molecular formula is C21H21N3O5. The van der Waals surface area contributed by atoms with E-state index in [4.69, 9.17) is 9.47 Å². The maximum atomic E-state index is 12.2. The van der Waals surface area contributed by atoms with Gasteiger partial charge in [0.1, 0.15) is 18.1 Å². The molecule has 3 rings (SSSR count). The number of amides is 2. The zero-order chi connectivity index (χ0) is 20.6. The normalized spacial score (nSPS) is 14.2. The van der Waals surface area contributed by atoms with Gasteiger partial charge in [0.15, 0.2) is 6.10 Å². The van der Waals surface area contributed by atoms with Gasteiger partial charge in [-0.2, -0.15) is 5.10 Å². The van der Waals surface area contributed by atoms with E-state index in [1.54, 1.807) is 24.3 Å². The highest BCUT2D eigenvalue weighted by molar-refractivity contribution is 6.37. The molecule has 2 N–H and O–H groups in total. The van der Waals surface area contributed by atoms with Gasteiger partial charge in [0.25, 0.3) is 5.91 Å². The summed E-state index contributed by atoms with van der Waals surface area (Å²) in [6.45, 7) is 1.91. The molecule has 8 nitrogen and oxygen atoms in total. The van der Waals surface area contributed by atoms with Crippen LogP contribution in [0.3, 0.4) is 0 Å². The van der Waals surface area contributed by atoms with Crippen LogP contribution >= 0.6 is 0 Å². The average molecular weight is 395 g/mol. The number of rotatable bonds is 7. The lowest BCUT2D eigenvalue weighted by molar-refractivity contribution is -0.146. The maximum absolute atomic E-state index is 12.2. The van der Waals surface area contributed by atoms with Crippen LogP contribution in [0.15, 0.2) is 59.7 Å². The molecule has 1 heterocycles. The molecule has 0 aromatic heterocycles. The second-order valence-electron chi connectivity index (χ2n) is 6.43. The van der Waals surface area contributed by atoms with Crippen molar-refractivity contribution in [1.82, 2.24) is 5.43 Å². The summed E-state index contributed by atoms with van der Waals surface area (Å²) < 4.78 is 10.8. The van der Waals surface area contributed by atoms with E-state index in [2.05, 4.69) is 15.8 Å². The van der Waals surface area contributed by atoms with E-state index in [9.17, 15) is 14.4 Å². The second kappa shape index (κ2) is 9.50. The molecule has 29 heavy (non-hydrogen) atoms. The molecule has 0 saturated heterocycles. The average Bonchev–Trinajstić information content (AvgIpc) is 2.74. The molecule has 1 aliphatic heterocycles. The van der Waals surface area contributed by atoms with Crippen LogP contribution in [-0.4, -0.2) is 29.6 Å². The van der Waals surface area contributed by atoms with Crippen LogP contribution in [0.5, 0.6) is 5.75 Å². The lowest BCUT2D eigenvalue weighted by Crippen LogP contribution is -2.35. The summed E-state index contributed by atoms with van der Waals surface area (Å²) in [6, 6.07) is 16.7. The Morgan fingerprint density at radius 2 is 1.83 bits per heavy atom. The van der Waals surface area contributed by atoms with Gasteiger partial charge in [-0.1, -0.05) is 30.3 Å². The first kappa shape index (κ1) is 20.1. The predicted octanol–water partition coefficient (Wildman–Crippen LogP) is 2.40. The quantitative estimate of drug-likeness (QED) is 0.700. The Morgan fingerprint density at radius 3 is 2.48 bits per heavy atom. The molecule has 1 atom stereocenters. The zero-order valence-electron chi connectivity index (χ0n) is 15.9. The fourth-order valence-electron chi connectivity index (χ4n) is 2.52. The van der Waals surface area contributed by atoms with Gasteiger partial charge in [-0.05, 0) is 36.8 Å². The van der Waals surface area contributed by atoms with Crippen LogP contribution in [0.4, 0.5) is 5.69 Å². The van der Waals surface area contributed by atoms with Crippen molar-refractivity contribution in [1.29, 1.82) is 0 Å². The number of anilines is 1. The number of ether oxygens (including phenoxy) is 2. The number of hydrazone groups is 1. The molecule has 0 unspecified atom stereocenters. The Kier molecular flexibility index (Phi) is 6.57. The third-order valence-corrected chi connectivity index (χ3v) is 4.16. The first-order valence-electron chi connectivity index (χ1n) is 9.15. The lowest BCUT2D eigenvalue weighted by atomic mass is 10.2. The third kappa shape index (κ3) is 5.90. The van der Waals surface area contributed by atoms with Gasteiger partial charge in [0.2, 0.25) is 5.91 Å². The number of carbonyl (C=O) groups is 3. The molecule has 2 aromatic carbocycles. The number of hydrogen-bond donors (Lipinski definition) is 2. The Morgan fingerprint density at radius 1 is 1.10 bits per heavy atom. The molecular weight excluding hydrogens is 374 g/mol. The van der Waals surface area contributed by atoms with Crippen LogP contribution in [0, 0.1) is 0 Å². The molecule has 0 fully saturated rings. The standard InChI is InChI=1S/C21H21N3O5/c1-14(29-21(27)18-11-12-19(25)24-23-18)20(26)22-16-7-9-17(10-8-16)28-13-15-5-3-2-4-6-15/h2-10,14H,11-13H2,1H3,(H,22,26)(H,24,25)/t14-/m1/s1. The summed E-state index contributed by atoms with van der Waals surface area (Å²) in [6.07, 6.45) is -0.673. The minimum atomic E-state index is -1.02. The van der Waals surface area contributed by atoms with Gasteiger partial charge in [0.05, 0.1) is 0 Å². The largest absolute Gasteiger partial charge is 0.489 e. The number of carbonyl (C=O) groups excluding carboxylic acids is 3. The molecule has 0 saturated carbocycles. The van der Waals surface area contributed by atoms with Crippen LogP contribution in [0.25, 0.3) is 0 Å². The van der Waals surface area contributed by atoms with E-state index in [1.165, 1.54) is 6.92 Å². The predicted molar refractivity (Wildman–Crippen MR) is 106 cm³/mol. The smallest absolute Gasteiger partial charge is 0.355 e. The number of nitrogens with one attached hydrogen (secondary N) is 2. The SMILES string of the molecule is C[C@@H](OC(=O)C1=NNC(=O)CC1)C(=O)Nc1ccc(OCc2ccccc2)cc1. The van der Waals surface area contributed by atoms with Crippen molar-refractivity contribution in [3.63, 3.8) is 0 Å². The Labute approximate surface area is 167 Å². The van der Waals surface area contributed by atoms with E-state index >= 15 is 0 Å². The van der Waals surface area contributed by atoms with E-state index in [0.29, 0.717) is 18.0 Å². The summed E-state index contributed by atoms with van der Waals surface area (Å²) in [5, 5.41) is 6.33. The number of esters is 1. The van der Waals surface area contributed by atoms with E-state index in [0.717, 1.165) is 5.56 Å². The van der Waals surface area contributed by atoms with Gasteiger partial charge < -0.3 is 14.8 Å². The third-order valence-electron chi connectivity index (χ3n) is 4.16. The molecule has 0 aliphatic carbocycles. The molecule has 150 valence electrons. The highest BCUT2D eigenvalue weighted by atomic mass is 16.5. The van der Waals surface area contributed by atoms with Crippen molar-refractivity contribution in [3.8, 4) is 5.75 Å². The molecule has 2 amide bonds. The molecule has 8 heteroatoms. The molecule has 0 spiro atoms. The van der Waals surface area contributed by atoms with Crippen LogP contribution < -0.4 is 15.5 Å². The van der Waals surface area contributed by atoms with Crippen molar-refractivity contribution in [3.05, 3.63) is 60.2 Å². The van der Waals surface area contributed by atoms with Crippen molar-refractivity contribution in [2.45, 2.75) is 32.5 Å².